The maximum Gasteiger partial charge on any atom is 0.411 e. The molecule has 2 atom stereocenters. The van der Waals surface area contributed by atoms with Crippen molar-refractivity contribution in [2.24, 2.45) is 0 Å². The number of nitrogens with zero attached hydrogens (tertiary/aromatic N) is 1. The molecule has 1 fully saturated rings. The molecule has 2 aliphatic heterocycles. The fourth-order valence-corrected chi connectivity index (χ4v) is 3.49. The third kappa shape index (κ3) is 4.48. The van der Waals surface area contributed by atoms with E-state index < -0.39 is 11.4 Å². The summed E-state index contributed by atoms with van der Waals surface area (Å²) in [5.41, 5.74) is 0.853. The molecule has 132 valence electrons. The number of rotatable bonds is 4. The fourth-order valence-electron chi connectivity index (χ4n) is 3.49. The molecule has 2 aliphatic rings. The lowest BCUT2D eigenvalue weighted by Gasteiger charge is -2.45. The average molecular weight is 325 g/mol. The zero-order chi connectivity index (χ0) is 17.3. The molecule has 2 heterocycles. The molecule has 0 N–H and O–H groups in total. The molecule has 2 rings (SSSR count). The van der Waals surface area contributed by atoms with Crippen LogP contribution in [-0.4, -0.2) is 48.7 Å². The molecule has 1 saturated heterocycles. The van der Waals surface area contributed by atoms with Gasteiger partial charge in [-0.25, -0.2) is 4.79 Å². The van der Waals surface area contributed by atoms with Crippen LogP contribution in [0.15, 0.2) is 11.6 Å². The summed E-state index contributed by atoms with van der Waals surface area (Å²) in [6.45, 7) is 7.68. The van der Waals surface area contributed by atoms with Gasteiger partial charge in [-0.2, -0.15) is 0 Å². The van der Waals surface area contributed by atoms with Gasteiger partial charge in [-0.15, -0.1) is 0 Å². The van der Waals surface area contributed by atoms with Gasteiger partial charge < -0.3 is 14.2 Å². The number of amides is 1. The number of ether oxygens (including phenoxy) is 3. The molecule has 0 radical (unpaired) electrons. The van der Waals surface area contributed by atoms with Gasteiger partial charge in [0.15, 0.2) is 5.79 Å². The third-order valence-corrected chi connectivity index (χ3v) is 4.73. The van der Waals surface area contributed by atoms with E-state index in [1.807, 2.05) is 32.6 Å². The molecular weight excluding hydrogens is 294 g/mol. The third-order valence-electron chi connectivity index (χ3n) is 4.73. The second-order valence-corrected chi connectivity index (χ2v) is 7.79. The summed E-state index contributed by atoms with van der Waals surface area (Å²) in [5, 5.41) is 0. The second kappa shape index (κ2) is 6.81. The van der Waals surface area contributed by atoms with Gasteiger partial charge in [-0.05, 0) is 53.4 Å². The maximum absolute atomic E-state index is 12.6. The van der Waals surface area contributed by atoms with Gasteiger partial charge in [0.2, 0.25) is 0 Å². The summed E-state index contributed by atoms with van der Waals surface area (Å²) >= 11 is 0. The summed E-state index contributed by atoms with van der Waals surface area (Å²) in [6.07, 6.45) is 6.82. The van der Waals surface area contributed by atoms with E-state index in [1.54, 1.807) is 14.2 Å². The molecule has 0 spiro atoms. The van der Waals surface area contributed by atoms with Crippen molar-refractivity contribution in [3.63, 3.8) is 0 Å². The molecule has 23 heavy (non-hydrogen) atoms. The van der Waals surface area contributed by atoms with Crippen LogP contribution in [0.3, 0.4) is 0 Å². The molecule has 0 aromatic rings. The monoisotopic (exact) mass is 325 g/mol. The van der Waals surface area contributed by atoms with Crippen molar-refractivity contribution in [3.8, 4) is 0 Å². The first-order valence-electron chi connectivity index (χ1n) is 8.48. The Hall–Kier alpha value is -1.07. The van der Waals surface area contributed by atoms with Crippen molar-refractivity contribution < 1.29 is 19.0 Å². The Morgan fingerprint density at radius 2 is 1.87 bits per heavy atom. The lowest BCUT2D eigenvalue weighted by molar-refractivity contribution is -0.192. The minimum Gasteiger partial charge on any atom is -0.444 e. The van der Waals surface area contributed by atoms with Crippen LogP contribution in [0.5, 0.6) is 0 Å². The Bertz CT molecular complexity index is 462. The van der Waals surface area contributed by atoms with Gasteiger partial charge in [0.1, 0.15) is 5.60 Å². The standard InChI is InChI=1S/C18H31NO4/c1-17(2,3)23-16(20)19-14-8-7-9-15(19)11-13(10-14)12-18(4,21-5)22-6/h10,14-15H,7-9,11-12H2,1-6H3. The van der Waals surface area contributed by atoms with Crippen molar-refractivity contribution in [1.29, 1.82) is 0 Å². The minimum absolute atomic E-state index is 0.130. The van der Waals surface area contributed by atoms with Crippen molar-refractivity contribution >= 4 is 6.09 Å². The van der Waals surface area contributed by atoms with Gasteiger partial charge in [-0.3, -0.25) is 4.90 Å². The first-order chi connectivity index (χ1) is 10.7. The molecule has 2 unspecified atom stereocenters. The predicted molar refractivity (Wildman–Crippen MR) is 89.2 cm³/mol. The summed E-state index contributed by atoms with van der Waals surface area (Å²) in [4.78, 5) is 14.5. The van der Waals surface area contributed by atoms with E-state index in [2.05, 4.69) is 6.08 Å². The second-order valence-electron chi connectivity index (χ2n) is 7.79. The number of fused-ring (bicyclic) bond motifs is 2. The zero-order valence-electron chi connectivity index (χ0n) is 15.3. The molecule has 0 aromatic heterocycles. The number of hydrogen-bond donors (Lipinski definition) is 0. The Morgan fingerprint density at radius 3 is 2.39 bits per heavy atom. The van der Waals surface area contributed by atoms with Gasteiger partial charge in [0.05, 0.1) is 6.04 Å². The Balaban J connectivity index is 2.14. The van der Waals surface area contributed by atoms with Crippen molar-refractivity contribution in [2.45, 2.75) is 83.3 Å². The van der Waals surface area contributed by atoms with E-state index >= 15 is 0 Å². The van der Waals surface area contributed by atoms with Gasteiger partial charge in [0, 0.05) is 26.7 Å². The Kier molecular flexibility index (Phi) is 5.41. The van der Waals surface area contributed by atoms with Crippen LogP contribution >= 0.6 is 0 Å². The number of hydrogen-bond acceptors (Lipinski definition) is 4. The lowest BCUT2D eigenvalue weighted by Crippen LogP contribution is -2.53. The minimum atomic E-state index is -0.603. The van der Waals surface area contributed by atoms with Gasteiger partial charge in [-0.1, -0.05) is 11.6 Å². The quantitative estimate of drug-likeness (QED) is 0.581. The fraction of sp³-hybridized carbons (Fsp3) is 0.833. The number of carbonyl (C=O) groups is 1. The Morgan fingerprint density at radius 1 is 1.22 bits per heavy atom. The molecule has 5 heteroatoms. The van der Waals surface area contributed by atoms with Crippen LogP contribution in [0.25, 0.3) is 0 Å². The van der Waals surface area contributed by atoms with E-state index in [0.29, 0.717) is 0 Å². The van der Waals surface area contributed by atoms with Crippen LogP contribution in [0, 0.1) is 0 Å². The highest BCUT2D eigenvalue weighted by Crippen LogP contribution is 2.37. The maximum atomic E-state index is 12.6. The summed E-state index contributed by atoms with van der Waals surface area (Å²) in [7, 11) is 3.33. The van der Waals surface area contributed by atoms with Crippen molar-refractivity contribution in [1.82, 2.24) is 4.90 Å². The molecule has 0 aliphatic carbocycles. The van der Waals surface area contributed by atoms with Crippen molar-refractivity contribution in [3.05, 3.63) is 11.6 Å². The highest BCUT2D eigenvalue weighted by atomic mass is 16.7. The van der Waals surface area contributed by atoms with E-state index in [1.165, 1.54) is 5.57 Å². The van der Waals surface area contributed by atoms with Gasteiger partial charge >= 0.3 is 6.09 Å². The van der Waals surface area contributed by atoms with Crippen LogP contribution in [0.4, 0.5) is 4.79 Å². The van der Waals surface area contributed by atoms with E-state index in [9.17, 15) is 4.79 Å². The molecule has 5 nitrogen and oxygen atoms in total. The molecule has 1 amide bonds. The van der Waals surface area contributed by atoms with Crippen LogP contribution in [0.1, 0.15) is 59.8 Å². The predicted octanol–water partition coefficient (Wildman–Crippen LogP) is 3.87. The van der Waals surface area contributed by atoms with Crippen LogP contribution < -0.4 is 0 Å². The normalized spacial score (nSPS) is 25.1. The zero-order valence-corrected chi connectivity index (χ0v) is 15.3. The first-order valence-corrected chi connectivity index (χ1v) is 8.48. The Labute approximate surface area is 140 Å². The van der Waals surface area contributed by atoms with Crippen molar-refractivity contribution in [2.75, 3.05) is 14.2 Å². The average Bonchev–Trinajstić information content (AvgIpc) is 2.44. The highest BCUT2D eigenvalue weighted by Gasteiger charge is 2.40. The SMILES string of the molecule is COC(C)(CC1=CC2CCCC(C1)N2C(=O)OC(C)(C)C)OC. The number of methoxy groups -OCH3 is 2. The van der Waals surface area contributed by atoms with Gasteiger partial charge in [0.25, 0.3) is 0 Å². The molecule has 0 saturated carbocycles. The molecule has 0 aromatic carbocycles. The first kappa shape index (κ1) is 18.3. The topological polar surface area (TPSA) is 48.0 Å². The van der Waals surface area contributed by atoms with Crippen LogP contribution in [-0.2, 0) is 14.2 Å². The molecular formula is C18H31NO4. The van der Waals surface area contributed by atoms with E-state index in [0.717, 1.165) is 32.1 Å². The highest BCUT2D eigenvalue weighted by molar-refractivity contribution is 5.70. The lowest BCUT2D eigenvalue weighted by atomic mass is 9.83. The number of piperidine rings is 1. The largest absolute Gasteiger partial charge is 0.444 e. The van der Waals surface area contributed by atoms with Crippen LogP contribution in [0.2, 0.25) is 0 Å². The number of carbonyl (C=O) groups excluding carboxylic acids is 1. The summed E-state index contributed by atoms with van der Waals surface area (Å²) in [5.74, 6) is -0.603. The van der Waals surface area contributed by atoms with E-state index in [4.69, 9.17) is 14.2 Å². The molecule has 2 bridgehead atoms. The summed E-state index contributed by atoms with van der Waals surface area (Å²) in [6, 6.07) is 0.354. The summed E-state index contributed by atoms with van der Waals surface area (Å²) < 4.78 is 16.6. The smallest absolute Gasteiger partial charge is 0.411 e. The van der Waals surface area contributed by atoms with E-state index in [-0.39, 0.29) is 18.2 Å².